The molecule has 1 atom stereocenters. The van der Waals surface area contributed by atoms with E-state index < -0.39 is 0 Å². The lowest BCUT2D eigenvalue weighted by molar-refractivity contribution is -0.133. The predicted molar refractivity (Wildman–Crippen MR) is 69.2 cm³/mol. The van der Waals surface area contributed by atoms with Gasteiger partial charge in [-0.2, -0.15) is 0 Å². The Labute approximate surface area is 100 Å². The topological polar surface area (TPSA) is 46.3 Å². The Kier molecular flexibility index (Phi) is 8.26. The van der Waals surface area contributed by atoms with Gasteiger partial charge in [0.05, 0.1) is 0 Å². The lowest BCUT2D eigenvalue weighted by atomic mass is 10.0. The van der Waals surface area contributed by atoms with Gasteiger partial charge in [0.15, 0.2) is 0 Å². The van der Waals surface area contributed by atoms with Crippen molar-refractivity contribution in [1.29, 1.82) is 0 Å². The Bertz CT molecular complexity index is 186. The van der Waals surface area contributed by atoms with E-state index in [1.165, 1.54) is 0 Å². The smallest absolute Gasteiger partial charge is 0.222 e. The van der Waals surface area contributed by atoms with Crippen LogP contribution in [0, 0.1) is 5.92 Å². The molecule has 1 heterocycles. The van der Waals surface area contributed by atoms with Crippen LogP contribution in [-0.4, -0.2) is 29.9 Å². The van der Waals surface area contributed by atoms with Crippen LogP contribution in [0.3, 0.4) is 0 Å². The number of likely N-dealkylation sites (tertiary alicyclic amines) is 1. The molecule has 1 aliphatic heterocycles. The number of hydrogen-bond acceptors (Lipinski definition) is 2. The van der Waals surface area contributed by atoms with Crippen LogP contribution in [0.4, 0.5) is 0 Å². The van der Waals surface area contributed by atoms with Crippen LogP contribution in [0.25, 0.3) is 0 Å². The van der Waals surface area contributed by atoms with Gasteiger partial charge in [-0.15, -0.1) is 0 Å². The van der Waals surface area contributed by atoms with Gasteiger partial charge in [0.25, 0.3) is 0 Å². The highest BCUT2D eigenvalue weighted by molar-refractivity contribution is 5.76. The molecule has 0 aromatic rings. The monoisotopic (exact) mass is 228 g/mol. The van der Waals surface area contributed by atoms with Gasteiger partial charge in [0.2, 0.25) is 5.91 Å². The number of amides is 1. The van der Waals surface area contributed by atoms with Crippen molar-refractivity contribution >= 4 is 5.91 Å². The highest BCUT2D eigenvalue weighted by atomic mass is 16.2. The lowest BCUT2D eigenvalue weighted by Gasteiger charge is -2.30. The van der Waals surface area contributed by atoms with Gasteiger partial charge in [0, 0.05) is 25.6 Å². The van der Waals surface area contributed by atoms with E-state index in [1.807, 2.05) is 18.7 Å². The quantitative estimate of drug-likeness (QED) is 0.806. The first-order chi connectivity index (χ1) is 7.63. The van der Waals surface area contributed by atoms with Crippen molar-refractivity contribution in [2.45, 2.75) is 59.4 Å². The van der Waals surface area contributed by atoms with Gasteiger partial charge < -0.3 is 10.6 Å². The molecular weight excluding hydrogens is 200 g/mol. The molecule has 16 heavy (non-hydrogen) atoms. The zero-order valence-corrected chi connectivity index (χ0v) is 11.3. The maximum absolute atomic E-state index is 11.8. The number of carbonyl (C=O) groups excluding carboxylic acids is 1. The zero-order valence-electron chi connectivity index (χ0n) is 11.3. The van der Waals surface area contributed by atoms with Crippen molar-refractivity contribution in [3.8, 4) is 0 Å². The van der Waals surface area contributed by atoms with Gasteiger partial charge in [-0.25, -0.2) is 0 Å². The molecule has 0 radical (unpaired) electrons. The molecule has 1 unspecified atom stereocenters. The van der Waals surface area contributed by atoms with E-state index >= 15 is 0 Å². The summed E-state index contributed by atoms with van der Waals surface area (Å²) in [5, 5.41) is 0. The molecule has 0 bridgehead atoms. The Balaban J connectivity index is 0.00000106. The van der Waals surface area contributed by atoms with Crippen LogP contribution in [0.1, 0.15) is 53.4 Å². The van der Waals surface area contributed by atoms with Gasteiger partial charge in [-0.05, 0) is 18.8 Å². The maximum Gasteiger partial charge on any atom is 0.222 e. The highest BCUT2D eigenvalue weighted by Gasteiger charge is 2.21. The summed E-state index contributed by atoms with van der Waals surface area (Å²) in [5.41, 5.74) is 5.79. The molecule has 1 aliphatic rings. The van der Waals surface area contributed by atoms with Crippen LogP contribution in [-0.2, 0) is 4.79 Å². The standard InChI is InChI=1S/C11H22N2O.C2H6/c1-3-9(2)8-11(14)13-6-4-10(12)5-7-13;1-2/h9-10H,3-8,12H2,1-2H3;1-2H3. The molecule has 96 valence electrons. The molecule has 0 aromatic heterocycles. The van der Waals surface area contributed by atoms with E-state index in [2.05, 4.69) is 13.8 Å². The summed E-state index contributed by atoms with van der Waals surface area (Å²) in [6.07, 6.45) is 3.71. The summed E-state index contributed by atoms with van der Waals surface area (Å²) in [4.78, 5) is 13.7. The molecule has 0 aliphatic carbocycles. The summed E-state index contributed by atoms with van der Waals surface area (Å²) >= 11 is 0. The van der Waals surface area contributed by atoms with Crippen LogP contribution in [0.15, 0.2) is 0 Å². The molecule has 0 spiro atoms. The summed E-state index contributed by atoms with van der Waals surface area (Å²) < 4.78 is 0. The van der Waals surface area contributed by atoms with E-state index in [1.54, 1.807) is 0 Å². The van der Waals surface area contributed by atoms with Crippen LogP contribution in [0.2, 0.25) is 0 Å². The minimum Gasteiger partial charge on any atom is -0.343 e. The minimum absolute atomic E-state index is 0.308. The zero-order chi connectivity index (χ0) is 12.6. The Morgan fingerprint density at radius 2 is 1.88 bits per heavy atom. The van der Waals surface area contributed by atoms with Crippen molar-refractivity contribution in [3.63, 3.8) is 0 Å². The third-order valence-corrected chi connectivity index (χ3v) is 3.11. The van der Waals surface area contributed by atoms with Gasteiger partial charge in [-0.1, -0.05) is 34.1 Å². The number of rotatable bonds is 3. The highest BCUT2D eigenvalue weighted by Crippen LogP contribution is 2.13. The fraction of sp³-hybridized carbons (Fsp3) is 0.923. The Morgan fingerprint density at radius 1 is 1.38 bits per heavy atom. The number of piperidine rings is 1. The third kappa shape index (κ3) is 5.50. The van der Waals surface area contributed by atoms with E-state index in [-0.39, 0.29) is 0 Å². The summed E-state index contributed by atoms with van der Waals surface area (Å²) in [6, 6.07) is 0.308. The first-order valence-corrected chi connectivity index (χ1v) is 6.66. The summed E-state index contributed by atoms with van der Waals surface area (Å²) in [6.45, 7) is 9.98. The molecule has 0 aromatic carbocycles. The largest absolute Gasteiger partial charge is 0.343 e. The van der Waals surface area contributed by atoms with Crippen LogP contribution < -0.4 is 5.73 Å². The van der Waals surface area contributed by atoms with E-state index in [4.69, 9.17) is 5.73 Å². The maximum atomic E-state index is 11.8. The normalized spacial score (nSPS) is 18.7. The second-order valence-electron chi connectivity index (χ2n) is 4.44. The van der Waals surface area contributed by atoms with Crippen molar-refractivity contribution in [1.82, 2.24) is 4.90 Å². The molecule has 1 saturated heterocycles. The molecular formula is C13H28N2O. The van der Waals surface area contributed by atoms with Crippen LogP contribution >= 0.6 is 0 Å². The average molecular weight is 228 g/mol. The average Bonchev–Trinajstić information content (AvgIpc) is 2.32. The van der Waals surface area contributed by atoms with E-state index in [0.717, 1.165) is 32.4 Å². The second kappa shape index (κ2) is 8.57. The minimum atomic E-state index is 0.308. The van der Waals surface area contributed by atoms with Crippen molar-refractivity contribution in [2.75, 3.05) is 13.1 Å². The first-order valence-electron chi connectivity index (χ1n) is 6.66. The molecule has 2 N–H and O–H groups in total. The predicted octanol–water partition coefficient (Wildman–Crippen LogP) is 2.40. The van der Waals surface area contributed by atoms with E-state index in [9.17, 15) is 4.79 Å². The van der Waals surface area contributed by atoms with Gasteiger partial charge in [-0.3, -0.25) is 4.79 Å². The van der Waals surface area contributed by atoms with Gasteiger partial charge in [0.1, 0.15) is 0 Å². The summed E-state index contributed by atoms with van der Waals surface area (Å²) in [7, 11) is 0. The number of carbonyl (C=O) groups is 1. The molecule has 0 saturated carbocycles. The van der Waals surface area contributed by atoms with Crippen molar-refractivity contribution in [3.05, 3.63) is 0 Å². The molecule has 1 fully saturated rings. The first kappa shape index (κ1) is 15.4. The van der Waals surface area contributed by atoms with Crippen molar-refractivity contribution in [2.24, 2.45) is 11.7 Å². The summed E-state index contributed by atoms with van der Waals surface area (Å²) in [5.74, 6) is 0.823. The SMILES string of the molecule is CC.CCC(C)CC(=O)N1CCC(N)CC1. The van der Waals surface area contributed by atoms with Gasteiger partial charge >= 0.3 is 0 Å². The molecule has 1 amide bonds. The number of nitrogens with two attached hydrogens (primary N) is 1. The molecule has 1 rings (SSSR count). The van der Waals surface area contributed by atoms with E-state index in [0.29, 0.717) is 24.3 Å². The Hall–Kier alpha value is -0.570. The number of hydrogen-bond donors (Lipinski definition) is 1. The second-order valence-corrected chi connectivity index (χ2v) is 4.44. The number of nitrogens with zero attached hydrogens (tertiary/aromatic N) is 1. The lowest BCUT2D eigenvalue weighted by Crippen LogP contribution is -2.43. The Morgan fingerprint density at radius 3 is 2.31 bits per heavy atom. The van der Waals surface area contributed by atoms with Crippen LogP contribution in [0.5, 0.6) is 0 Å². The van der Waals surface area contributed by atoms with Crippen molar-refractivity contribution < 1.29 is 4.79 Å². The fourth-order valence-corrected chi connectivity index (χ4v) is 1.72. The fourth-order valence-electron chi connectivity index (χ4n) is 1.72. The molecule has 3 nitrogen and oxygen atoms in total. The third-order valence-electron chi connectivity index (χ3n) is 3.11. The molecule has 3 heteroatoms.